The van der Waals surface area contributed by atoms with Gasteiger partial charge in [-0.05, 0) is 48.4 Å². The van der Waals surface area contributed by atoms with Crippen LogP contribution in [-0.2, 0) is 16.5 Å². The van der Waals surface area contributed by atoms with Crippen molar-refractivity contribution in [1.82, 2.24) is 0 Å². The summed E-state index contributed by atoms with van der Waals surface area (Å²) in [4.78, 5) is -0.237. The Morgan fingerprint density at radius 3 is 1.37 bits per heavy atom. The van der Waals surface area contributed by atoms with Crippen LogP contribution in [0, 0.1) is 0 Å². The molecule has 3 aromatic carbocycles. The lowest BCUT2D eigenvalue weighted by Crippen LogP contribution is -2.63. The molecule has 0 aliphatic heterocycles. The highest BCUT2D eigenvalue weighted by Gasteiger charge is 2.88. The molecule has 3 nitrogen and oxygen atoms in total. The zero-order chi connectivity index (χ0) is 28.6. The van der Waals surface area contributed by atoms with E-state index < -0.39 is 43.7 Å². The number of hydrogen-bond donors (Lipinski definition) is 0. The van der Waals surface area contributed by atoms with E-state index in [9.17, 15) is 47.9 Å². The minimum Gasteiger partial charge on any atom is -0.257 e. The molecule has 0 bridgehead atoms. The summed E-state index contributed by atoms with van der Waals surface area (Å²) < 4.78 is 152. The van der Waals surface area contributed by atoms with Gasteiger partial charge in [0.25, 0.3) is 0 Å². The lowest BCUT2D eigenvalue weighted by molar-refractivity contribution is -0.382. The van der Waals surface area contributed by atoms with Crippen LogP contribution in [0.1, 0.15) is 12.5 Å². The van der Waals surface area contributed by atoms with E-state index in [2.05, 4.69) is 3.63 Å². The van der Waals surface area contributed by atoms with Crippen molar-refractivity contribution >= 4 is 20.4 Å². The maximum atomic E-state index is 14.8. The van der Waals surface area contributed by atoms with Crippen LogP contribution in [0.25, 0.3) is 0 Å². The van der Waals surface area contributed by atoms with Crippen LogP contribution < -0.4 is 0 Å². The van der Waals surface area contributed by atoms with Gasteiger partial charge < -0.3 is 0 Å². The second-order valence-corrected chi connectivity index (χ2v) is 12.6. The molecular weight excluding hydrogens is 571 g/mol. The van der Waals surface area contributed by atoms with Gasteiger partial charge in [-0.25, -0.2) is 0 Å². The number of benzene rings is 3. The van der Waals surface area contributed by atoms with E-state index in [4.69, 9.17) is 0 Å². The third kappa shape index (κ3) is 4.77. The van der Waals surface area contributed by atoms with Crippen LogP contribution in [0.2, 0.25) is 0 Å². The van der Waals surface area contributed by atoms with Gasteiger partial charge >= 0.3 is 33.4 Å². The zero-order valence-electron chi connectivity index (χ0n) is 19.3. The number of rotatable bonds is 9. The molecular formula is C24H20F9O3S2+. The Bertz CT molecular complexity index is 1300. The molecule has 0 spiro atoms. The summed E-state index contributed by atoms with van der Waals surface area (Å²) in [6.45, 7) is 1.78. The quantitative estimate of drug-likeness (QED) is 0.143. The Kier molecular flexibility index (Phi) is 7.94. The van der Waals surface area contributed by atoms with Crippen molar-refractivity contribution in [1.29, 1.82) is 0 Å². The largest absolute Gasteiger partial charge is 0.486 e. The van der Waals surface area contributed by atoms with Crippen LogP contribution >= 0.6 is 10.3 Å². The molecule has 0 amide bonds. The number of aryl methyl sites for hydroxylation is 1. The zero-order valence-corrected chi connectivity index (χ0v) is 20.9. The monoisotopic (exact) mass is 591 g/mol. The first-order valence-electron chi connectivity index (χ1n) is 10.7. The van der Waals surface area contributed by atoms with Crippen LogP contribution in [-0.4, -0.2) is 35.3 Å². The predicted molar refractivity (Wildman–Crippen MR) is 124 cm³/mol. The lowest BCUT2D eigenvalue weighted by atomic mass is 10.1. The lowest BCUT2D eigenvalue weighted by Gasteiger charge is -2.37. The Morgan fingerprint density at radius 1 is 0.605 bits per heavy atom. The summed E-state index contributed by atoms with van der Waals surface area (Å²) in [7, 11) is -10.9. The molecule has 0 atom stereocenters. The highest BCUT2D eigenvalue weighted by atomic mass is 32.3. The SMILES string of the molecule is CCc1ccc(S([OH+]S(=O)(=O)C(F)(F)C(F)(F)C(F)(F)C(F)(F)F)(c2ccccc2)c2ccccc2)cc1. The predicted octanol–water partition coefficient (Wildman–Crippen LogP) is 8.29. The second kappa shape index (κ2) is 10.1. The third-order valence-electron chi connectivity index (χ3n) is 5.49. The van der Waals surface area contributed by atoms with Crippen molar-refractivity contribution in [2.45, 2.75) is 51.3 Å². The van der Waals surface area contributed by atoms with Gasteiger partial charge in [-0.3, -0.25) is 3.63 Å². The standard InChI is InChI=1S/C24H19F9O3S2/c1-2-17-13-15-20(16-14-17)37(18-9-5-3-6-10-18,19-11-7-4-8-12-19)36-38(34,35)24(32,33)22(27,28)21(25,26)23(29,30)31/h3-16H,2H2,1H3/p+1. The minimum absolute atomic E-state index is 0.0719. The van der Waals surface area contributed by atoms with E-state index >= 15 is 0 Å². The molecule has 0 saturated carbocycles. The van der Waals surface area contributed by atoms with Gasteiger partial charge in [0.2, 0.25) is 0 Å². The van der Waals surface area contributed by atoms with Crippen molar-refractivity contribution in [2.24, 2.45) is 0 Å². The van der Waals surface area contributed by atoms with Crippen molar-refractivity contribution in [3.05, 3.63) is 90.5 Å². The van der Waals surface area contributed by atoms with E-state index in [0.717, 1.165) is 0 Å². The summed E-state index contributed by atoms with van der Waals surface area (Å²) in [6.07, 6.45) is -6.68. The van der Waals surface area contributed by atoms with E-state index in [1.165, 1.54) is 84.9 Å². The van der Waals surface area contributed by atoms with Crippen LogP contribution in [0.4, 0.5) is 39.5 Å². The molecule has 38 heavy (non-hydrogen) atoms. The van der Waals surface area contributed by atoms with E-state index in [-0.39, 0.29) is 14.7 Å². The van der Waals surface area contributed by atoms with Gasteiger partial charge in [-0.1, -0.05) is 55.5 Å². The Labute approximate surface area is 213 Å². The fourth-order valence-electron chi connectivity index (χ4n) is 3.41. The smallest absolute Gasteiger partial charge is 0.257 e. The summed E-state index contributed by atoms with van der Waals surface area (Å²) in [6, 6.07) is 19.1. The molecule has 0 radical (unpaired) electrons. The third-order valence-corrected chi connectivity index (χ3v) is 10.9. The summed E-state index contributed by atoms with van der Waals surface area (Å²) in [5, 5.41) is -6.95. The fraction of sp³-hybridized carbons (Fsp3) is 0.250. The van der Waals surface area contributed by atoms with Crippen LogP contribution in [0.5, 0.6) is 0 Å². The highest BCUT2D eigenvalue weighted by Crippen LogP contribution is 2.69. The average molecular weight is 592 g/mol. The molecule has 14 heteroatoms. The minimum atomic E-state index is -7.40. The second-order valence-electron chi connectivity index (χ2n) is 7.92. The fourth-order valence-corrected chi connectivity index (χ4v) is 8.90. The average Bonchev–Trinajstić information content (AvgIpc) is 2.87. The normalized spacial score (nSPS) is 14.4. The molecule has 3 aromatic rings. The van der Waals surface area contributed by atoms with E-state index in [1.807, 2.05) is 0 Å². The van der Waals surface area contributed by atoms with Gasteiger partial charge in [-0.15, -0.1) is 8.42 Å². The van der Waals surface area contributed by atoms with Gasteiger partial charge in [0.15, 0.2) is 0 Å². The first kappa shape index (κ1) is 29.8. The molecule has 0 aliphatic carbocycles. The first-order valence-corrected chi connectivity index (χ1v) is 13.7. The molecule has 0 aromatic heterocycles. The molecule has 208 valence electrons. The number of hydrogen-bond acceptors (Lipinski definition) is 2. The molecule has 1 N–H and O–H groups in total. The van der Waals surface area contributed by atoms with Crippen molar-refractivity contribution in [3.63, 3.8) is 0 Å². The van der Waals surface area contributed by atoms with Crippen LogP contribution in [0.3, 0.4) is 0 Å². The number of alkyl halides is 9. The van der Waals surface area contributed by atoms with Gasteiger partial charge in [0.1, 0.15) is 0 Å². The number of halogens is 9. The summed E-state index contributed by atoms with van der Waals surface area (Å²) >= 11 is 0. The highest BCUT2D eigenvalue weighted by molar-refractivity contribution is 8.32. The summed E-state index contributed by atoms with van der Waals surface area (Å²) in [5.74, 6) is -14.8. The maximum Gasteiger partial charge on any atom is 0.486 e. The van der Waals surface area contributed by atoms with Crippen molar-refractivity contribution < 1.29 is 51.6 Å². The van der Waals surface area contributed by atoms with E-state index in [0.29, 0.717) is 12.0 Å². The van der Waals surface area contributed by atoms with Crippen LogP contribution in [0.15, 0.2) is 99.6 Å². The molecule has 0 unspecified atom stereocenters. The topological polar surface area (TPSA) is 46.9 Å². The maximum absolute atomic E-state index is 14.8. The Balaban J connectivity index is 2.35. The molecule has 0 saturated heterocycles. The Hall–Kier alpha value is -2.71. The van der Waals surface area contributed by atoms with Gasteiger partial charge in [0, 0.05) is 0 Å². The first-order chi connectivity index (χ1) is 17.5. The van der Waals surface area contributed by atoms with Crippen molar-refractivity contribution in [3.8, 4) is 0 Å². The molecule has 0 fully saturated rings. The molecule has 0 aliphatic rings. The Morgan fingerprint density at radius 2 is 1.00 bits per heavy atom. The molecule has 3 rings (SSSR count). The van der Waals surface area contributed by atoms with Gasteiger partial charge in [-0.2, -0.15) is 39.5 Å². The van der Waals surface area contributed by atoms with Gasteiger partial charge in [0.05, 0.1) is 25.0 Å². The van der Waals surface area contributed by atoms with E-state index in [1.54, 1.807) is 6.92 Å². The summed E-state index contributed by atoms with van der Waals surface area (Å²) in [5.41, 5.74) is 0.715. The van der Waals surface area contributed by atoms with Crippen molar-refractivity contribution in [2.75, 3.05) is 0 Å². The molecule has 0 heterocycles.